The monoisotopic (exact) mass is 296 g/mol. The Morgan fingerprint density at radius 1 is 1.35 bits per heavy atom. The van der Waals surface area contributed by atoms with Crippen molar-refractivity contribution in [1.29, 1.82) is 0 Å². The van der Waals surface area contributed by atoms with Crippen LogP contribution < -0.4 is 4.90 Å². The number of halogens is 1. The van der Waals surface area contributed by atoms with E-state index in [1.807, 2.05) is 6.20 Å². The molecule has 0 unspecified atom stereocenters. The number of pyridine rings is 1. The van der Waals surface area contributed by atoms with Crippen LogP contribution in [0, 0.1) is 6.92 Å². The molecular weight excluding hydrogens is 276 g/mol. The highest BCUT2D eigenvalue weighted by Crippen LogP contribution is 2.30. The summed E-state index contributed by atoms with van der Waals surface area (Å²) >= 11 is 3.65. The Kier molecular flexibility index (Phi) is 4.43. The van der Waals surface area contributed by atoms with E-state index < -0.39 is 0 Å². The zero-order valence-corrected chi connectivity index (χ0v) is 12.3. The van der Waals surface area contributed by atoms with Crippen molar-refractivity contribution < 1.29 is 0 Å². The second-order valence-corrected chi connectivity index (χ2v) is 5.75. The van der Waals surface area contributed by atoms with E-state index in [0.29, 0.717) is 6.04 Å². The van der Waals surface area contributed by atoms with Crippen molar-refractivity contribution >= 4 is 21.7 Å². The fourth-order valence-electron chi connectivity index (χ4n) is 2.71. The molecule has 3 heteroatoms. The lowest BCUT2D eigenvalue weighted by Crippen LogP contribution is -2.37. The summed E-state index contributed by atoms with van der Waals surface area (Å²) in [7, 11) is 0. The van der Waals surface area contributed by atoms with Crippen molar-refractivity contribution in [2.24, 2.45) is 0 Å². The second-order valence-electron chi connectivity index (χ2n) is 4.90. The van der Waals surface area contributed by atoms with Gasteiger partial charge in [0.15, 0.2) is 0 Å². The molecule has 17 heavy (non-hydrogen) atoms. The zero-order valence-electron chi connectivity index (χ0n) is 10.7. The Morgan fingerprint density at radius 2 is 2.06 bits per heavy atom. The Bertz CT molecular complexity index is 372. The van der Waals surface area contributed by atoms with E-state index >= 15 is 0 Å². The molecule has 0 bridgehead atoms. The van der Waals surface area contributed by atoms with E-state index in [2.05, 4.69) is 45.7 Å². The highest BCUT2D eigenvalue weighted by atomic mass is 79.9. The van der Waals surface area contributed by atoms with Crippen molar-refractivity contribution in [1.82, 2.24) is 4.98 Å². The van der Waals surface area contributed by atoms with Crippen LogP contribution in [-0.2, 0) is 0 Å². The number of nitrogens with zero attached hydrogens (tertiary/aromatic N) is 2. The van der Waals surface area contributed by atoms with E-state index in [4.69, 9.17) is 0 Å². The molecule has 0 aliphatic heterocycles. The van der Waals surface area contributed by atoms with Crippen LogP contribution in [0.25, 0.3) is 0 Å². The minimum Gasteiger partial charge on any atom is -0.353 e. The largest absolute Gasteiger partial charge is 0.353 e. The molecule has 1 fully saturated rings. The molecule has 0 radical (unpaired) electrons. The Hall–Kier alpha value is -0.570. The summed E-state index contributed by atoms with van der Waals surface area (Å²) in [6.45, 7) is 5.35. The molecule has 1 saturated carbocycles. The molecule has 1 aliphatic carbocycles. The lowest BCUT2D eigenvalue weighted by atomic mass is 9.94. The number of aromatic nitrogens is 1. The molecule has 0 amide bonds. The Morgan fingerprint density at radius 3 is 2.65 bits per heavy atom. The Labute approximate surface area is 113 Å². The number of rotatable bonds is 3. The molecule has 1 aliphatic rings. The lowest BCUT2D eigenvalue weighted by molar-refractivity contribution is 0.416. The van der Waals surface area contributed by atoms with Gasteiger partial charge in [-0.1, -0.05) is 19.3 Å². The van der Waals surface area contributed by atoms with E-state index in [0.717, 1.165) is 16.8 Å². The van der Waals surface area contributed by atoms with Gasteiger partial charge in [0.1, 0.15) is 5.82 Å². The smallest absolute Gasteiger partial charge is 0.143 e. The number of hydrogen-bond acceptors (Lipinski definition) is 2. The van der Waals surface area contributed by atoms with E-state index in [-0.39, 0.29) is 0 Å². The van der Waals surface area contributed by atoms with Crippen molar-refractivity contribution in [2.45, 2.75) is 52.0 Å². The maximum Gasteiger partial charge on any atom is 0.143 e. The molecule has 1 aromatic heterocycles. The van der Waals surface area contributed by atoms with E-state index in [1.54, 1.807) is 0 Å². The SMILES string of the molecule is CCN(c1ncc(C)cc1Br)C1CCCCC1. The molecule has 1 heterocycles. The third-order valence-electron chi connectivity index (χ3n) is 3.59. The molecule has 2 rings (SSSR count). The van der Waals surface area contributed by atoms with Crippen molar-refractivity contribution in [3.63, 3.8) is 0 Å². The predicted molar refractivity (Wildman–Crippen MR) is 76.6 cm³/mol. The summed E-state index contributed by atoms with van der Waals surface area (Å²) in [5, 5.41) is 0. The minimum absolute atomic E-state index is 0.681. The summed E-state index contributed by atoms with van der Waals surface area (Å²) in [6.07, 6.45) is 8.73. The number of hydrogen-bond donors (Lipinski definition) is 0. The number of anilines is 1. The van der Waals surface area contributed by atoms with Gasteiger partial charge in [-0.15, -0.1) is 0 Å². The quantitative estimate of drug-likeness (QED) is 0.826. The van der Waals surface area contributed by atoms with Crippen molar-refractivity contribution in [3.05, 3.63) is 22.3 Å². The summed E-state index contributed by atoms with van der Waals surface area (Å²) in [5.41, 5.74) is 1.21. The first-order chi connectivity index (χ1) is 8.22. The van der Waals surface area contributed by atoms with Crippen LogP contribution in [0.4, 0.5) is 5.82 Å². The van der Waals surface area contributed by atoms with Gasteiger partial charge in [-0.3, -0.25) is 0 Å². The molecule has 1 aromatic rings. The molecule has 0 saturated heterocycles. The fraction of sp³-hybridized carbons (Fsp3) is 0.643. The van der Waals surface area contributed by atoms with Crippen LogP contribution in [0.5, 0.6) is 0 Å². The van der Waals surface area contributed by atoms with E-state index in [1.165, 1.54) is 37.7 Å². The summed E-state index contributed by atoms with van der Waals surface area (Å²) in [4.78, 5) is 7.06. The van der Waals surface area contributed by atoms with Gasteiger partial charge < -0.3 is 4.90 Å². The van der Waals surface area contributed by atoms with Crippen LogP contribution in [0.1, 0.15) is 44.6 Å². The third kappa shape index (κ3) is 3.01. The first-order valence-corrected chi connectivity index (χ1v) is 7.40. The maximum atomic E-state index is 4.60. The van der Waals surface area contributed by atoms with Crippen LogP contribution in [-0.4, -0.2) is 17.6 Å². The summed E-state index contributed by atoms with van der Waals surface area (Å²) < 4.78 is 1.13. The van der Waals surface area contributed by atoms with Gasteiger partial charge in [0, 0.05) is 18.8 Å². The van der Waals surface area contributed by atoms with Gasteiger partial charge in [-0.25, -0.2) is 4.98 Å². The van der Waals surface area contributed by atoms with E-state index in [9.17, 15) is 0 Å². The molecule has 94 valence electrons. The molecule has 0 N–H and O–H groups in total. The highest BCUT2D eigenvalue weighted by Gasteiger charge is 2.22. The molecule has 0 atom stereocenters. The van der Waals surface area contributed by atoms with Crippen LogP contribution in [0.3, 0.4) is 0 Å². The molecule has 0 spiro atoms. The molecular formula is C14H21BrN2. The zero-order chi connectivity index (χ0) is 12.3. The van der Waals surface area contributed by atoms with Gasteiger partial charge in [-0.05, 0) is 54.2 Å². The van der Waals surface area contributed by atoms with Gasteiger partial charge in [0.2, 0.25) is 0 Å². The van der Waals surface area contributed by atoms with Crippen LogP contribution in [0.15, 0.2) is 16.7 Å². The van der Waals surface area contributed by atoms with Crippen LogP contribution >= 0.6 is 15.9 Å². The average molecular weight is 297 g/mol. The summed E-state index contributed by atoms with van der Waals surface area (Å²) in [5.74, 6) is 1.12. The number of aryl methyl sites for hydroxylation is 1. The van der Waals surface area contributed by atoms with Crippen LogP contribution in [0.2, 0.25) is 0 Å². The van der Waals surface area contributed by atoms with Crippen molar-refractivity contribution in [3.8, 4) is 0 Å². The first kappa shape index (κ1) is 12.9. The topological polar surface area (TPSA) is 16.1 Å². The lowest BCUT2D eigenvalue weighted by Gasteiger charge is -2.35. The van der Waals surface area contributed by atoms with Gasteiger partial charge in [-0.2, -0.15) is 0 Å². The summed E-state index contributed by atoms with van der Waals surface area (Å²) in [6, 6.07) is 2.84. The van der Waals surface area contributed by atoms with Gasteiger partial charge in [0.25, 0.3) is 0 Å². The molecule has 0 aromatic carbocycles. The van der Waals surface area contributed by atoms with Gasteiger partial charge in [0.05, 0.1) is 4.47 Å². The average Bonchev–Trinajstić information content (AvgIpc) is 2.34. The first-order valence-electron chi connectivity index (χ1n) is 6.61. The molecule has 2 nitrogen and oxygen atoms in total. The minimum atomic E-state index is 0.681. The normalized spacial score (nSPS) is 17.1. The fourth-order valence-corrected chi connectivity index (χ4v) is 3.40. The van der Waals surface area contributed by atoms with Gasteiger partial charge >= 0.3 is 0 Å². The third-order valence-corrected chi connectivity index (χ3v) is 4.17. The predicted octanol–water partition coefficient (Wildman–Crippen LogP) is 4.31. The Balaban J connectivity index is 2.21. The standard InChI is InChI=1S/C14H21BrN2/c1-3-17(12-7-5-4-6-8-12)14-13(15)9-11(2)10-16-14/h9-10,12H,3-8H2,1-2H3. The maximum absolute atomic E-state index is 4.60. The highest BCUT2D eigenvalue weighted by molar-refractivity contribution is 9.10. The second kappa shape index (κ2) is 5.85. The van der Waals surface area contributed by atoms with Crippen molar-refractivity contribution in [2.75, 3.05) is 11.4 Å².